The van der Waals surface area contributed by atoms with E-state index in [4.69, 9.17) is 11.6 Å². The summed E-state index contributed by atoms with van der Waals surface area (Å²) >= 11 is 9.60. The van der Waals surface area contributed by atoms with Crippen molar-refractivity contribution in [2.45, 2.75) is 12.8 Å². The van der Waals surface area contributed by atoms with Gasteiger partial charge in [-0.05, 0) is 67.7 Å². The predicted octanol–water partition coefficient (Wildman–Crippen LogP) is 4.72. The molecule has 0 heterocycles. The van der Waals surface area contributed by atoms with Gasteiger partial charge in [0.25, 0.3) is 0 Å². The van der Waals surface area contributed by atoms with E-state index in [0.29, 0.717) is 5.92 Å². The molecule has 1 unspecified atom stereocenters. The number of hydrogen-bond donors (Lipinski definition) is 1. The van der Waals surface area contributed by atoms with Gasteiger partial charge >= 0.3 is 0 Å². The minimum atomic E-state index is 0.563. The highest BCUT2D eigenvalue weighted by Crippen LogP contribution is 2.19. The van der Waals surface area contributed by atoms with E-state index in [1.54, 1.807) is 0 Å². The summed E-state index contributed by atoms with van der Waals surface area (Å²) in [5, 5.41) is 4.11. The van der Waals surface area contributed by atoms with E-state index in [0.717, 1.165) is 28.9 Å². The maximum atomic E-state index is 6.06. The van der Waals surface area contributed by atoms with Crippen LogP contribution in [0.3, 0.4) is 0 Å². The van der Waals surface area contributed by atoms with Gasteiger partial charge < -0.3 is 5.32 Å². The first-order valence-electron chi connectivity index (χ1n) is 6.81. The third-order valence-electron chi connectivity index (χ3n) is 3.32. The van der Waals surface area contributed by atoms with Gasteiger partial charge in [-0.1, -0.05) is 51.8 Å². The highest BCUT2D eigenvalue weighted by atomic mass is 79.9. The van der Waals surface area contributed by atoms with Gasteiger partial charge in [0.2, 0.25) is 0 Å². The molecule has 0 saturated carbocycles. The lowest BCUT2D eigenvalue weighted by atomic mass is 9.92. The molecule has 0 amide bonds. The minimum Gasteiger partial charge on any atom is -0.319 e. The highest BCUT2D eigenvalue weighted by molar-refractivity contribution is 9.10. The normalized spacial score (nSPS) is 12.3. The van der Waals surface area contributed by atoms with Gasteiger partial charge in [0, 0.05) is 9.50 Å². The van der Waals surface area contributed by atoms with E-state index in [1.165, 1.54) is 11.1 Å². The van der Waals surface area contributed by atoms with Crippen molar-refractivity contribution >= 4 is 27.5 Å². The SMILES string of the molecule is CNCC(Cc1cccc(Cl)c1)Cc1cccc(Br)c1. The molecular formula is C17H19BrClN. The Balaban J connectivity index is 2.07. The molecule has 2 aromatic carbocycles. The molecule has 0 aliphatic carbocycles. The van der Waals surface area contributed by atoms with E-state index >= 15 is 0 Å². The maximum absolute atomic E-state index is 6.06. The third kappa shape index (κ3) is 4.93. The first kappa shape index (κ1) is 15.6. The van der Waals surface area contributed by atoms with Crippen molar-refractivity contribution in [3.63, 3.8) is 0 Å². The van der Waals surface area contributed by atoms with Crippen LogP contribution in [0.1, 0.15) is 11.1 Å². The summed E-state index contributed by atoms with van der Waals surface area (Å²) in [5.41, 5.74) is 2.66. The second-order valence-corrected chi connectivity index (χ2v) is 6.44. The lowest BCUT2D eigenvalue weighted by molar-refractivity contribution is 0.493. The first-order chi connectivity index (χ1) is 9.67. The average Bonchev–Trinajstić information content (AvgIpc) is 2.39. The van der Waals surface area contributed by atoms with Crippen molar-refractivity contribution in [1.29, 1.82) is 0 Å². The topological polar surface area (TPSA) is 12.0 Å². The largest absolute Gasteiger partial charge is 0.319 e. The fourth-order valence-electron chi connectivity index (χ4n) is 2.50. The van der Waals surface area contributed by atoms with Crippen LogP contribution in [0.25, 0.3) is 0 Å². The molecule has 0 saturated heterocycles. The zero-order chi connectivity index (χ0) is 14.4. The summed E-state index contributed by atoms with van der Waals surface area (Å²) in [6.07, 6.45) is 2.10. The van der Waals surface area contributed by atoms with E-state index in [2.05, 4.69) is 57.6 Å². The molecule has 0 aliphatic heterocycles. The zero-order valence-electron chi connectivity index (χ0n) is 11.6. The van der Waals surface area contributed by atoms with Crippen molar-refractivity contribution in [2.24, 2.45) is 5.92 Å². The third-order valence-corrected chi connectivity index (χ3v) is 4.05. The minimum absolute atomic E-state index is 0.563. The molecule has 0 radical (unpaired) electrons. The summed E-state index contributed by atoms with van der Waals surface area (Å²) in [4.78, 5) is 0. The Morgan fingerprint density at radius 3 is 2.30 bits per heavy atom. The molecular weight excluding hydrogens is 334 g/mol. The van der Waals surface area contributed by atoms with Crippen molar-refractivity contribution < 1.29 is 0 Å². The second-order valence-electron chi connectivity index (χ2n) is 5.09. The van der Waals surface area contributed by atoms with Gasteiger partial charge in [0.15, 0.2) is 0 Å². The molecule has 0 spiro atoms. The Kier molecular flexibility index (Phi) is 6.08. The van der Waals surface area contributed by atoms with Crippen LogP contribution in [-0.4, -0.2) is 13.6 Å². The average molecular weight is 353 g/mol. The monoisotopic (exact) mass is 351 g/mol. The van der Waals surface area contributed by atoms with Crippen molar-refractivity contribution in [3.05, 3.63) is 69.2 Å². The predicted molar refractivity (Wildman–Crippen MR) is 90.4 cm³/mol. The lowest BCUT2D eigenvalue weighted by Crippen LogP contribution is -2.22. The number of hydrogen-bond acceptors (Lipinski definition) is 1. The van der Waals surface area contributed by atoms with E-state index in [1.807, 2.05) is 19.2 Å². The quantitative estimate of drug-likeness (QED) is 0.793. The van der Waals surface area contributed by atoms with Crippen LogP contribution in [0.2, 0.25) is 5.02 Å². The Bertz CT molecular complexity index is 509. The van der Waals surface area contributed by atoms with E-state index < -0.39 is 0 Å². The first-order valence-corrected chi connectivity index (χ1v) is 7.98. The van der Waals surface area contributed by atoms with Gasteiger partial charge in [-0.25, -0.2) is 0 Å². The molecule has 1 nitrogen and oxygen atoms in total. The van der Waals surface area contributed by atoms with Crippen LogP contribution in [0.4, 0.5) is 0 Å². The Labute approximate surface area is 134 Å². The van der Waals surface area contributed by atoms with Gasteiger partial charge in [0.1, 0.15) is 0 Å². The Hall–Kier alpha value is -0.830. The van der Waals surface area contributed by atoms with Crippen molar-refractivity contribution in [1.82, 2.24) is 5.32 Å². The fraction of sp³-hybridized carbons (Fsp3) is 0.294. The summed E-state index contributed by atoms with van der Waals surface area (Å²) in [6, 6.07) is 16.7. The number of halogens is 2. The number of rotatable bonds is 6. The molecule has 106 valence electrons. The highest BCUT2D eigenvalue weighted by Gasteiger charge is 2.10. The zero-order valence-corrected chi connectivity index (χ0v) is 13.9. The van der Waals surface area contributed by atoms with E-state index in [-0.39, 0.29) is 0 Å². The molecule has 1 N–H and O–H groups in total. The van der Waals surface area contributed by atoms with Gasteiger partial charge in [-0.2, -0.15) is 0 Å². The molecule has 0 bridgehead atoms. The maximum Gasteiger partial charge on any atom is 0.0408 e. The van der Waals surface area contributed by atoms with Crippen LogP contribution in [0, 0.1) is 5.92 Å². The smallest absolute Gasteiger partial charge is 0.0408 e. The molecule has 0 aliphatic rings. The van der Waals surface area contributed by atoms with Gasteiger partial charge in [-0.3, -0.25) is 0 Å². The van der Waals surface area contributed by atoms with Gasteiger partial charge in [-0.15, -0.1) is 0 Å². The molecule has 0 fully saturated rings. The summed E-state index contributed by atoms with van der Waals surface area (Å²) in [6.45, 7) is 0.999. The van der Waals surface area contributed by atoms with Crippen LogP contribution >= 0.6 is 27.5 Å². The van der Waals surface area contributed by atoms with Crippen LogP contribution in [0.15, 0.2) is 53.0 Å². The summed E-state index contributed by atoms with van der Waals surface area (Å²) in [5.74, 6) is 0.563. The van der Waals surface area contributed by atoms with E-state index in [9.17, 15) is 0 Å². The molecule has 1 atom stereocenters. The standard InChI is InChI=1S/C17H19BrClN/c1-20-12-15(8-13-4-2-6-16(18)10-13)9-14-5-3-7-17(19)11-14/h2-7,10-11,15,20H,8-9,12H2,1H3. The second kappa shape index (κ2) is 7.82. The van der Waals surface area contributed by atoms with Crippen LogP contribution in [0.5, 0.6) is 0 Å². The molecule has 2 aromatic rings. The van der Waals surface area contributed by atoms with Crippen molar-refractivity contribution in [3.8, 4) is 0 Å². The molecule has 2 rings (SSSR count). The molecule has 20 heavy (non-hydrogen) atoms. The number of benzene rings is 2. The molecule has 3 heteroatoms. The van der Waals surface area contributed by atoms with Gasteiger partial charge in [0.05, 0.1) is 0 Å². The molecule has 0 aromatic heterocycles. The van der Waals surface area contributed by atoms with Crippen LogP contribution in [-0.2, 0) is 12.8 Å². The summed E-state index contributed by atoms with van der Waals surface area (Å²) < 4.78 is 1.14. The van der Waals surface area contributed by atoms with Crippen molar-refractivity contribution in [2.75, 3.05) is 13.6 Å². The fourth-order valence-corrected chi connectivity index (χ4v) is 3.16. The Morgan fingerprint density at radius 2 is 1.70 bits per heavy atom. The van der Waals surface area contributed by atoms with Crippen LogP contribution < -0.4 is 5.32 Å². The Morgan fingerprint density at radius 1 is 1.05 bits per heavy atom. The number of nitrogens with one attached hydrogen (secondary N) is 1. The summed E-state index contributed by atoms with van der Waals surface area (Å²) in [7, 11) is 2.01. The lowest BCUT2D eigenvalue weighted by Gasteiger charge is -2.17.